The van der Waals surface area contributed by atoms with Gasteiger partial charge in [-0.1, -0.05) is 13.8 Å². The summed E-state index contributed by atoms with van der Waals surface area (Å²) in [5.74, 6) is -5.30. The lowest BCUT2D eigenvalue weighted by molar-refractivity contribution is -0.148. The van der Waals surface area contributed by atoms with Crippen LogP contribution in [0.2, 0.25) is 0 Å². The SMILES string of the molecule is CC(C)C[C@H](NC(=O)[C@H](C)N)C(=O)N(C)[C@@H](CC(=O)O)C(=O)N[C@@H](CCCNC(=N)N)C(=O)O. The summed E-state index contributed by atoms with van der Waals surface area (Å²) in [6.07, 6.45) is -0.347. The fourth-order valence-electron chi connectivity index (χ4n) is 3.02. The van der Waals surface area contributed by atoms with Crippen LogP contribution in [0.25, 0.3) is 0 Å². The normalized spacial score (nSPS) is 14.3. The van der Waals surface area contributed by atoms with Gasteiger partial charge in [0, 0.05) is 13.6 Å². The Labute approximate surface area is 198 Å². The number of carboxylic acid groups (broad SMARTS) is 2. The van der Waals surface area contributed by atoms with E-state index in [0.29, 0.717) is 0 Å². The van der Waals surface area contributed by atoms with Gasteiger partial charge in [0.2, 0.25) is 17.7 Å². The Morgan fingerprint density at radius 1 is 1.00 bits per heavy atom. The first-order valence-corrected chi connectivity index (χ1v) is 10.8. The number of aliphatic carboxylic acids is 2. The topological polar surface area (TPSA) is 241 Å². The van der Waals surface area contributed by atoms with Crippen LogP contribution in [0.3, 0.4) is 0 Å². The van der Waals surface area contributed by atoms with Crippen LogP contribution in [0.15, 0.2) is 0 Å². The molecule has 14 heteroatoms. The summed E-state index contributed by atoms with van der Waals surface area (Å²) in [7, 11) is 1.22. The lowest BCUT2D eigenvalue weighted by Crippen LogP contribution is -2.58. The Morgan fingerprint density at radius 3 is 2.00 bits per heavy atom. The molecule has 0 saturated heterocycles. The van der Waals surface area contributed by atoms with Gasteiger partial charge in [0.15, 0.2) is 5.96 Å². The fraction of sp³-hybridized carbons (Fsp3) is 0.700. The number of amides is 3. The van der Waals surface area contributed by atoms with Gasteiger partial charge >= 0.3 is 11.9 Å². The third-order valence-electron chi connectivity index (χ3n) is 4.82. The molecule has 0 aromatic rings. The van der Waals surface area contributed by atoms with Crippen LogP contribution in [0, 0.1) is 11.3 Å². The Morgan fingerprint density at radius 2 is 1.56 bits per heavy atom. The number of guanidine groups is 1. The molecule has 14 nitrogen and oxygen atoms in total. The molecular weight excluding hydrogens is 450 g/mol. The van der Waals surface area contributed by atoms with Gasteiger partial charge in [-0.3, -0.25) is 24.6 Å². The molecule has 0 fully saturated rings. The molecule has 0 heterocycles. The highest BCUT2D eigenvalue weighted by molar-refractivity contribution is 5.95. The van der Waals surface area contributed by atoms with Crippen molar-refractivity contribution in [2.75, 3.05) is 13.6 Å². The van der Waals surface area contributed by atoms with Crippen LogP contribution in [0.4, 0.5) is 0 Å². The van der Waals surface area contributed by atoms with Gasteiger partial charge in [-0.2, -0.15) is 0 Å². The zero-order chi connectivity index (χ0) is 26.6. The second kappa shape index (κ2) is 14.7. The van der Waals surface area contributed by atoms with Gasteiger partial charge in [-0.25, -0.2) is 4.79 Å². The first-order chi connectivity index (χ1) is 15.7. The minimum Gasteiger partial charge on any atom is -0.481 e. The number of rotatable bonds is 15. The molecule has 0 rings (SSSR count). The number of nitrogens with zero attached hydrogens (tertiary/aromatic N) is 1. The number of carbonyl (C=O) groups excluding carboxylic acids is 3. The van der Waals surface area contributed by atoms with Crippen molar-refractivity contribution in [2.45, 2.75) is 70.6 Å². The van der Waals surface area contributed by atoms with Gasteiger partial charge in [-0.05, 0) is 32.1 Å². The van der Waals surface area contributed by atoms with E-state index in [2.05, 4.69) is 16.0 Å². The molecule has 0 bridgehead atoms. The monoisotopic (exact) mass is 487 g/mol. The van der Waals surface area contributed by atoms with E-state index in [9.17, 15) is 34.2 Å². The maximum absolute atomic E-state index is 13.1. The Kier molecular flexibility index (Phi) is 13.2. The number of nitrogens with two attached hydrogens (primary N) is 2. The van der Waals surface area contributed by atoms with Crippen LogP contribution in [-0.2, 0) is 24.0 Å². The summed E-state index contributed by atoms with van der Waals surface area (Å²) >= 11 is 0. The second-order valence-electron chi connectivity index (χ2n) is 8.42. The van der Waals surface area contributed by atoms with Crippen molar-refractivity contribution < 1.29 is 34.2 Å². The maximum atomic E-state index is 13.1. The standard InChI is InChI=1S/C20H37N7O7/c1-10(2)8-13(26-16(30)11(3)21)18(32)27(4)14(9-15(28)29)17(31)25-12(19(33)34)6-5-7-24-20(22)23/h10-14H,5-9,21H2,1-4H3,(H,25,31)(H,26,30)(H,28,29)(H,33,34)(H4,22,23,24)/t11-,12-,13-,14-/m0/s1. The van der Waals surface area contributed by atoms with E-state index in [0.717, 1.165) is 4.90 Å². The predicted octanol–water partition coefficient (Wildman–Crippen LogP) is -2.00. The molecule has 3 amide bonds. The average Bonchev–Trinajstić information content (AvgIpc) is 2.71. The zero-order valence-electron chi connectivity index (χ0n) is 20.0. The molecule has 0 saturated carbocycles. The van der Waals surface area contributed by atoms with Crippen molar-refractivity contribution in [2.24, 2.45) is 17.4 Å². The molecule has 10 N–H and O–H groups in total. The largest absolute Gasteiger partial charge is 0.481 e. The van der Waals surface area contributed by atoms with Gasteiger partial charge in [-0.15, -0.1) is 0 Å². The summed E-state index contributed by atoms with van der Waals surface area (Å²) in [4.78, 5) is 61.9. The Balaban J connectivity index is 5.60. The zero-order valence-corrected chi connectivity index (χ0v) is 20.0. The summed E-state index contributed by atoms with van der Waals surface area (Å²) in [6, 6.07) is -4.82. The molecule has 0 aromatic heterocycles. The predicted molar refractivity (Wildman–Crippen MR) is 123 cm³/mol. The number of hydrogen-bond donors (Lipinski definition) is 8. The first kappa shape index (κ1) is 30.6. The van der Waals surface area contributed by atoms with Gasteiger partial charge in [0.25, 0.3) is 0 Å². The number of nitrogens with one attached hydrogen (secondary N) is 4. The Bertz CT molecular complexity index is 758. The first-order valence-electron chi connectivity index (χ1n) is 10.8. The molecule has 0 spiro atoms. The Hall–Kier alpha value is -3.42. The summed E-state index contributed by atoms with van der Waals surface area (Å²) in [6.45, 7) is 5.27. The summed E-state index contributed by atoms with van der Waals surface area (Å²) in [5, 5.41) is 33.1. The van der Waals surface area contributed by atoms with Gasteiger partial charge < -0.3 is 42.5 Å². The van der Waals surface area contributed by atoms with Crippen LogP contribution in [-0.4, -0.2) is 88.5 Å². The number of carboxylic acids is 2. The average molecular weight is 488 g/mol. The molecule has 0 aromatic carbocycles. The van der Waals surface area contributed by atoms with Crippen LogP contribution in [0.5, 0.6) is 0 Å². The van der Waals surface area contributed by atoms with E-state index in [1.165, 1.54) is 14.0 Å². The third kappa shape index (κ3) is 11.4. The van der Waals surface area contributed by atoms with Crippen molar-refractivity contribution in [3.8, 4) is 0 Å². The quantitative estimate of drug-likeness (QED) is 0.0717. The summed E-state index contributed by atoms with van der Waals surface area (Å²) < 4.78 is 0. The number of hydrogen-bond acceptors (Lipinski definition) is 7. The van der Waals surface area contributed by atoms with Crippen molar-refractivity contribution in [1.82, 2.24) is 20.9 Å². The fourth-order valence-corrected chi connectivity index (χ4v) is 3.02. The molecule has 0 aliphatic carbocycles. The molecule has 0 unspecified atom stereocenters. The van der Waals surface area contributed by atoms with Crippen molar-refractivity contribution in [3.05, 3.63) is 0 Å². The van der Waals surface area contributed by atoms with Crippen molar-refractivity contribution in [3.63, 3.8) is 0 Å². The second-order valence-corrected chi connectivity index (χ2v) is 8.42. The maximum Gasteiger partial charge on any atom is 0.326 e. The van der Waals surface area contributed by atoms with E-state index in [1.54, 1.807) is 0 Å². The third-order valence-corrected chi connectivity index (χ3v) is 4.82. The highest BCUT2D eigenvalue weighted by Crippen LogP contribution is 2.12. The van der Waals surface area contributed by atoms with Gasteiger partial charge in [0.1, 0.15) is 18.1 Å². The van der Waals surface area contributed by atoms with E-state index >= 15 is 0 Å². The highest BCUT2D eigenvalue weighted by atomic mass is 16.4. The van der Waals surface area contributed by atoms with E-state index in [1.807, 2.05) is 13.8 Å². The van der Waals surface area contributed by atoms with Gasteiger partial charge in [0.05, 0.1) is 12.5 Å². The molecule has 0 aliphatic rings. The lowest BCUT2D eigenvalue weighted by atomic mass is 10.0. The van der Waals surface area contributed by atoms with Crippen molar-refractivity contribution in [1.29, 1.82) is 5.41 Å². The molecular formula is C20H37N7O7. The van der Waals surface area contributed by atoms with E-state index in [4.69, 9.17) is 16.9 Å². The number of likely N-dealkylation sites (N-methyl/N-ethyl adjacent to an activating group) is 1. The molecule has 34 heavy (non-hydrogen) atoms. The van der Waals surface area contributed by atoms with Crippen LogP contribution >= 0.6 is 0 Å². The van der Waals surface area contributed by atoms with E-state index in [-0.39, 0.29) is 37.7 Å². The summed E-state index contributed by atoms with van der Waals surface area (Å²) in [5.41, 5.74) is 10.7. The lowest BCUT2D eigenvalue weighted by Gasteiger charge is -2.31. The molecule has 0 radical (unpaired) electrons. The minimum atomic E-state index is -1.52. The number of carbonyl (C=O) groups is 5. The van der Waals surface area contributed by atoms with Crippen molar-refractivity contribution >= 4 is 35.6 Å². The van der Waals surface area contributed by atoms with Crippen LogP contribution < -0.4 is 27.4 Å². The molecule has 194 valence electrons. The van der Waals surface area contributed by atoms with Crippen LogP contribution in [0.1, 0.15) is 46.5 Å². The minimum absolute atomic E-state index is 0.0255. The van der Waals surface area contributed by atoms with E-state index < -0.39 is 60.2 Å². The molecule has 4 atom stereocenters. The smallest absolute Gasteiger partial charge is 0.326 e. The highest BCUT2D eigenvalue weighted by Gasteiger charge is 2.35. The molecule has 0 aliphatic heterocycles.